The van der Waals surface area contributed by atoms with Crippen molar-refractivity contribution in [3.05, 3.63) is 42.0 Å². The van der Waals surface area contributed by atoms with Crippen LogP contribution in [0.5, 0.6) is 0 Å². The van der Waals surface area contributed by atoms with E-state index >= 15 is 0 Å². The summed E-state index contributed by atoms with van der Waals surface area (Å²) in [4.78, 5) is 35.0. The fourth-order valence-electron chi connectivity index (χ4n) is 1.94. The van der Waals surface area contributed by atoms with Crippen molar-refractivity contribution < 1.29 is 19.1 Å². The minimum absolute atomic E-state index is 0.0198. The van der Waals surface area contributed by atoms with Crippen LogP contribution in [0, 0.1) is 0 Å². The molecule has 128 valence electrons. The molecule has 0 bridgehead atoms. The Morgan fingerprint density at radius 3 is 2.62 bits per heavy atom. The molecule has 0 radical (unpaired) electrons. The molecule has 1 fully saturated rings. The SMILES string of the molecule is C[C@H](OC(=O)CCNC(=O)/C=C/c1ccccc1)C(=O)NC1CC1. The van der Waals surface area contributed by atoms with E-state index in [2.05, 4.69) is 10.6 Å². The number of carbonyl (C=O) groups is 3. The second kappa shape index (κ2) is 8.86. The predicted molar refractivity (Wildman–Crippen MR) is 89.8 cm³/mol. The Kier molecular flexibility index (Phi) is 6.54. The van der Waals surface area contributed by atoms with Gasteiger partial charge >= 0.3 is 5.97 Å². The molecule has 0 unspecified atom stereocenters. The average Bonchev–Trinajstić information content (AvgIpc) is 3.37. The molecule has 0 spiro atoms. The minimum Gasteiger partial charge on any atom is -0.452 e. The molecule has 1 aliphatic carbocycles. The number of esters is 1. The van der Waals surface area contributed by atoms with E-state index in [4.69, 9.17) is 4.74 Å². The zero-order valence-corrected chi connectivity index (χ0v) is 13.7. The molecule has 1 atom stereocenters. The molecule has 1 aliphatic rings. The van der Waals surface area contributed by atoms with E-state index in [0.29, 0.717) is 0 Å². The van der Waals surface area contributed by atoms with Gasteiger partial charge in [0.05, 0.1) is 6.42 Å². The normalized spacial score (nSPS) is 14.9. The van der Waals surface area contributed by atoms with Gasteiger partial charge in [0.25, 0.3) is 5.91 Å². The average molecular weight is 330 g/mol. The maximum absolute atomic E-state index is 11.7. The van der Waals surface area contributed by atoms with Gasteiger partial charge in [-0.3, -0.25) is 14.4 Å². The summed E-state index contributed by atoms with van der Waals surface area (Å²) in [6, 6.07) is 9.66. The lowest BCUT2D eigenvalue weighted by molar-refractivity contribution is -0.154. The third-order valence-electron chi connectivity index (χ3n) is 3.46. The van der Waals surface area contributed by atoms with Crippen LogP contribution in [-0.4, -0.2) is 36.5 Å². The van der Waals surface area contributed by atoms with Gasteiger partial charge in [0, 0.05) is 18.7 Å². The lowest BCUT2D eigenvalue weighted by Gasteiger charge is -2.13. The first kappa shape index (κ1) is 17.7. The van der Waals surface area contributed by atoms with Gasteiger partial charge in [-0.05, 0) is 31.4 Å². The first-order valence-corrected chi connectivity index (χ1v) is 8.05. The first-order valence-electron chi connectivity index (χ1n) is 8.05. The van der Waals surface area contributed by atoms with Crippen LogP contribution in [-0.2, 0) is 19.1 Å². The second-order valence-corrected chi connectivity index (χ2v) is 5.70. The van der Waals surface area contributed by atoms with Crippen molar-refractivity contribution in [1.29, 1.82) is 0 Å². The topological polar surface area (TPSA) is 84.5 Å². The van der Waals surface area contributed by atoms with Gasteiger partial charge < -0.3 is 15.4 Å². The van der Waals surface area contributed by atoms with Gasteiger partial charge in [-0.15, -0.1) is 0 Å². The second-order valence-electron chi connectivity index (χ2n) is 5.70. The van der Waals surface area contributed by atoms with E-state index in [1.165, 1.54) is 13.0 Å². The molecule has 0 aromatic heterocycles. The van der Waals surface area contributed by atoms with Crippen molar-refractivity contribution in [3.8, 4) is 0 Å². The predicted octanol–water partition coefficient (Wildman–Crippen LogP) is 1.42. The lowest BCUT2D eigenvalue weighted by atomic mass is 10.2. The summed E-state index contributed by atoms with van der Waals surface area (Å²) in [5, 5.41) is 5.37. The first-order chi connectivity index (χ1) is 11.5. The van der Waals surface area contributed by atoms with E-state index < -0.39 is 12.1 Å². The Labute approximate surface area is 141 Å². The number of carbonyl (C=O) groups excluding carboxylic acids is 3. The van der Waals surface area contributed by atoms with Gasteiger partial charge in [-0.25, -0.2) is 0 Å². The lowest BCUT2D eigenvalue weighted by Crippen LogP contribution is -2.37. The summed E-state index contributed by atoms with van der Waals surface area (Å²) in [7, 11) is 0. The molecule has 1 saturated carbocycles. The van der Waals surface area contributed by atoms with Crippen LogP contribution in [0.1, 0.15) is 31.7 Å². The van der Waals surface area contributed by atoms with Crippen molar-refractivity contribution in [2.24, 2.45) is 0 Å². The molecule has 6 nitrogen and oxygen atoms in total. The van der Waals surface area contributed by atoms with E-state index in [1.807, 2.05) is 30.3 Å². The fourth-order valence-corrected chi connectivity index (χ4v) is 1.94. The molecule has 1 aromatic carbocycles. The number of hydrogen-bond donors (Lipinski definition) is 2. The molecule has 1 aromatic rings. The molecule has 24 heavy (non-hydrogen) atoms. The Balaban J connectivity index is 1.61. The number of nitrogens with one attached hydrogen (secondary N) is 2. The monoisotopic (exact) mass is 330 g/mol. The number of benzene rings is 1. The maximum atomic E-state index is 11.7. The number of hydrogen-bond acceptors (Lipinski definition) is 4. The molecule has 0 heterocycles. The fraction of sp³-hybridized carbons (Fsp3) is 0.389. The third kappa shape index (κ3) is 6.64. The van der Waals surface area contributed by atoms with Crippen molar-refractivity contribution in [2.45, 2.75) is 38.3 Å². The molecule has 6 heteroatoms. The van der Waals surface area contributed by atoms with Crippen LogP contribution in [0.4, 0.5) is 0 Å². The molecule has 0 saturated heterocycles. The molecule has 2 amide bonds. The summed E-state index contributed by atoms with van der Waals surface area (Å²) < 4.78 is 5.03. The maximum Gasteiger partial charge on any atom is 0.308 e. The molecular formula is C18H22N2O4. The standard InChI is InChI=1S/C18H22N2O4/c1-13(18(23)20-15-8-9-15)24-17(22)11-12-19-16(21)10-7-14-5-3-2-4-6-14/h2-7,10,13,15H,8-9,11-12H2,1H3,(H,19,21)(H,20,23)/b10-7+/t13-/m0/s1. The van der Waals surface area contributed by atoms with E-state index in [-0.39, 0.29) is 30.8 Å². The Morgan fingerprint density at radius 1 is 1.25 bits per heavy atom. The quantitative estimate of drug-likeness (QED) is 0.558. The van der Waals surface area contributed by atoms with E-state index in [9.17, 15) is 14.4 Å². The number of ether oxygens (including phenoxy) is 1. The minimum atomic E-state index is -0.813. The Hall–Kier alpha value is -2.63. The van der Waals surface area contributed by atoms with Crippen LogP contribution in [0.15, 0.2) is 36.4 Å². The summed E-state index contributed by atoms with van der Waals surface area (Å²) >= 11 is 0. The van der Waals surface area contributed by atoms with Gasteiger partial charge in [-0.2, -0.15) is 0 Å². The van der Waals surface area contributed by atoms with Crippen LogP contribution in [0.25, 0.3) is 6.08 Å². The highest BCUT2D eigenvalue weighted by Gasteiger charge is 2.27. The van der Waals surface area contributed by atoms with E-state index in [0.717, 1.165) is 18.4 Å². The summed E-state index contributed by atoms with van der Waals surface area (Å²) in [6.07, 6.45) is 4.27. The van der Waals surface area contributed by atoms with Crippen LogP contribution in [0.2, 0.25) is 0 Å². The third-order valence-corrected chi connectivity index (χ3v) is 3.46. The van der Waals surface area contributed by atoms with Crippen LogP contribution >= 0.6 is 0 Å². The van der Waals surface area contributed by atoms with E-state index in [1.54, 1.807) is 6.08 Å². The molecule has 0 aliphatic heterocycles. The molecule has 2 rings (SSSR count). The summed E-state index contributed by atoms with van der Waals surface area (Å²) in [5.41, 5.74) is 0.919. The van der Waals surface area contributed by atoms with Crippen molar-refractivity contribution in [3.63, 3.8) is 0 Å². The highest BCUT2D eigenvalue weighted by Crippen LogP contribution is 2.18. The number of amides is 2. The smallest absolute Gasteiger partial charge is 0.308 e. The summed E-state index contributed by atoms with van der Waals surface area (Å²) in [5.74, 6) is -1.08. The molecule has 2 N–H and O–H groups in total. The Morgan fingerprint density at radius 2 is 1.96 bits per heavy atom. The van der Waals surface area contributed by atoms with Gasteiger partial charge in [0.1, 0.15) is 0 Å². The largest absolute Gasteiger partial charge is 0.452 e. The Bertz CT molecular complexity index is 609. The van der Waals surface area contributed by atoms with Gasteiger partial charge in [0.2, 0.25) is 5.91 Å². The van der Waals surface area contributed by atoms with Crippen molar-refractivity contribution in [1.82, 2.24) is 10.6 Å². The van der Waals surface area contributed by atoms with Gasteiger partial charge in [-0.1, -0.05) is 30.3 Å². The summed E-state index contributed by atoms with van der Waals surface area (Å²) in [6.45, 7) is 1.70. The zero-order valence-electron chi connectivity index (χ0n) is 13.7. The van der Waals surface area contributed by atoms with Crippen LogP contribution < -0.4 is 10.6 Å². The number of rotatable bonds is 8. The van der Waals surface area contributed by atoms with Gasteiger partial charge in [0.15, 0.2) is 6.10 Å². The van der Waals surface area contributed by atoms with Crippen molar-refractivity contribution >= 4 is 23.9 Å². The zero-order chi connectivity index (χ0) is 17.4. The molecular weight excluding hydrogens is 308 g/mol. The highest BCUT2D eigenvalue weighted by molar-refractivity contribution is 5.92. The van der Waals surface area contributed by atoms with Crippen LogP contribution in [0.3, 0.4) is 0 Å². The highest BCUT2D eigenvalue weighted by atomic mass is 16.5. The van der Waals surface area contributed by atoms with Crippen molar-refractivity contribution in [2.75, 3.05) is 6.54 Å².